The highest BCUT2D eigenvalue weighted by Gasteiger charge is 2.19. The molecule has 72 heavy (non-hydrogen) atoms. The van der Waals surface area contributed by atoms with E-state index in [9.17, 15) is 14.4 Å². The second kappa shape index (κ2) is 60.3. The molecule has 0 heterocycles. The second-order valence-electron chi connectivity index (χ2n) is 23.0. The maximum atomic E-state index is 12.9. The number of unbranched alkanes of at least 4 members (excludes halogenated alkanes) is 47. The van der Waals surface area contributed by atoms with Crippen molar-refractivity contribution in [1.29, 1.82) is 0 Å². The molecular weight excluding hydrogens is 889 g/mol. The van der Waals surface area contributed by atoms with E-state index in [0.29, 0.717) is 19.3 Å². The average molecular weight is 1020 g/mol. The Morgan fingerprint density at radius 2 is 0.486 bits per heavy atom. The molecule has 0 aliphatic rings. The van der Waals surface area contributed by atoms with E-state index in [-0.39, 0.29) is 31.1 Å². The lowest BCUT2D eigenvalue weighted by molar-refractivity contribution is -0.167. The van der Waals surface area contributed by atoms with Crippen LogP contribution in [-0.4, -0.2) is 37.2 Å². The van der Waals surface area contributed by atoms with Crippen molar-refractivity contribution in [3.05, 3.63) is 0 Å². The Balaban J connectivity index is 4.23. The molecule has 0 amide bonds. The van der Waals surface area contributed by atoms with E-state index in [1.54, 1.807) is 0 Å². The maximum Gasteiger partial charge on any atom is 0.306 e. The molecule has 0 saturated carbocycles. The summed E-state index contributed by atoms with van der Waals surface area (Å²) in [6, 6.07) is 0. The van der Waals surface area contributed by atoms with E-state index in [4.69, 9.17) is 14.2 Å². The molecule has 0 saturated heterocycles. The minimum absolute atomic E-state index is 0.0610. The predicted molar refractivity (Wildman–Crippen MR) is 312 cm³/mol. The summed E-state index contributed by atoms with van der Waals surface area (Å²) >= 11 is 0. The second-order valence-corrected chi connectivity index (χ2v) is 23.0. The smallest absolute Gasteiger partial charge is 0.306 e. The molecule has 0 fully saturated rings. The van der Waals surface area contributed by atoms with Crippen LogP contribution in [0.25, 0.3) is 0 Å². The van der Waals surface area contributed by atoms with Gasteiger partial charge in [-0.25, -0.2) is 0 Å². The number of ether oxygens (including phenoxy) is 3. The van der Waals surface area contributed by atoms with Gasteiger partial charge in [-0.3, -0.25) is 14.4 Å². The molecule has 0 rings (SSSR count). The summed E-state index contributed by atoms with van der Waals surface area (Å²) in [6.45, 7) is 9.14. The summed E-state index contributed by atoms with van der Waals surface area (Å²) in [5.41, 5.74) is 0. The SMILES string of the molecule is CCCCCCCCCCCCCCCCCCCCC(=O)OC[C@H](COC(=O)CCCCCCCCCCCCCCCCCCCCC(C)CC)OC(=O)CCCCCCCCCCCCCCCC. The van der Waals surface area contributed by atoms with Crippen molar-refractivity contribution in [3.63, 3.8) is 0 Å². The first-order valence-corrected chi connectivity index (χ1v) is 32.9. The van der Waals surface area contributed by atoms with Gasteiger partial charge in [-0.1, -0.05) is 342 Å². The summed E-state index contributed by atoms with van der Waals surface area (Å²) in [4.78, 5) is 38.3. The van der Waals surface area contributed by atoms with Crippen LogP contribution in [0.1, 0.15) is 381 Å². The molecule has 0 radical (unpaired) electrons. The highest BCUT2D eigenvalue weighted by Crippen LogP contribution is 2.19. The van der Waals surface area contributed by atoms with Gasteiger partial charge >= 0.3 is 17.9 Å². The van der Waals surface area contributed by atoms with Gasteiger partial charge in [0, 0.05) is 19.3 Å². The Morgan fingerprint density at radius 1 is 0.278 bits per heavy atom. The number of carbonyl (C=O) groups excluding carboxylic acids is 3. The number of esters is 3. The van der Waals surface area contributed by atoms with Crippen molar-refractivity contribution in [3.8, 4) is 0 Å². The van der Waals surface area contributed by atoms with Crippen molar-refractivity contribution in [2.75, 3.05) is 13.2 Å². The van der Waals surface area contributed by atoms with Gasteiger partial charge in [-0.05, 0) is 25.2 Å². The molecule has 0 N–H and O–H groups in total. The molecule has 2 atom stereocenters. The fourth-order valence-corrected chi connectivity index (χ4v) is 10.3. The number of rotatable bonds is 61. The quantitative estimate of drug-likeness (QED) is 0.0343. The Labute approximate surface area is 450 Å². The molecule has 0 bridgehead atoms. The van der Waals surface area contributed by atoms with Gasteiger partial charge in [0.25, 0.3) is 0 Å². The van der Waals surface area contributed by atoms with Gasteiger partial charge in [0.05, 0.1) is 0 Å². The minimum atomic E-state index is -0.763. The van der Waals surface area contributed by atoms with Gasteiger partial charge in [0.1, 0.15) is 13.2 Å². The van der Waals surface area contributed by atoms with E-state index in [1.165, 1.54) is 276 Å². The van der Waals surface area contributed by atoms with Crippen molar-refractivity contribution in [1.82, 2.24) is 0 Å². The maximum absolute atomic E-state index is 12.9. The minimum Gasteiger partial charge on any atom is -0.462 e. The zero-order valence-corrected chi connectivity index (χ0v) is 49.4. The van der Waals surface area contributed by atoms with E-state index < -0.39 is 6.10 Å². The van der Waals surface area contributed by atoms with Gasteiger partial charge in [0.2, 0.25) is 0 Å². The Kier molecular flexibility index (Phi) is 58.9. The fourth-order valence-electron chi connectivity index (χ4n) is 10.3. The summed E-state index contributed by atoms with van der Waals surface area (Å²) in [7, 11) is 0. The molecule has 6 heteroatoms. The van der Waals surface area contributed by atoms with Gasteiger partial charge in [-0.2, -0.15) is 0 Å². The Bertz CT molecular complexity index is 1090. The molecule has 0 aliphatic heterocycles. The predicted octanol–water partition coefficient (Wildman–Crippen LogP) is 22.1. The van der Waals surface area contributed by atoms with E-state index in [0.717, 1.165) is 63.7 Å². The number of carbonyl (C=O) groups is 3. The first-order valence-electron chi connectivity index (χ1n) is 32.9. The van der Waals surface area contributed by atoms with Crippen molar-refractivity contribution in [2.24, 2.45) is 5.92 Å². The molecule has 0 aliphatic carbocycles. The lowest BCUT2D eigenvalue weighted by atomic mass is 9.99. The largest absolute Gasteiger partial charge is 0.462 e. The third kappa shape index (κ3) is 57.7. The van der Waals surface area contributed by atoms with Crippen molar-refractivity contribution >= 4 is 17.9 Å². The summed E-state index contributed by atoms with van der Waals surface area (Å²) < 4.78 is 17.0. The lowest BCUT2D eigenvalue weighted by Crippen LogP contribution is -2.30. The van der Waals surface area contributed by atoms with E-state index >= 15 is 0 Å². The van der Waals surface area contributed by atoms with Gasteiger partial charge in [-0.15, -0.1) is 0 Å². The Morgan fingerprint density at radius 3 is 0.722 bits per heavy atom. The Hall–Kier alpha value is -1.59. The molecule has 0 spiro atoms. The standard InChI is InChI=1S/C66H128O6/c1-5-8-10-12-14-16-18-20-22-23-27-30-34-37-41-45-49-53-57-64(67)70-60-63(72-66(69)59-55-51-47-43-39-33-21-19-17-15-13-11-9-6-2)61-71-65(68)58-54-50-46-42-38-35-31-28-25-24-26-29-32-36-40-44-48-52-56-62(4)7-3/h62-63H,5-61H2,1-4H3/t62?,63-/m1/s1. The number of hydrogen-bond acceptors (Lipinski definition) is 6. The van der Waals surface area contributed by atoms with Gasteiger partial charge in [0.15, 0.2) is 6.10 Å². The van der Waals surface area contributed by atoms with Crippen LogP contribution >= 0.6 is 0 Å². The summed E-state index contributed by atoms with van der Waals surface area (Å²) in [5, 5.41) is 0. The fraction of sp³-hybridized carbons (Fsp3) is 0.955. The molecule has 428 valence electrons. The molecule has 0 aromatic heterocycles. The lowest BCUT2D eigenvalue weighted by Gasteiger charge is -2.18. The molecule has 0 aromatic carbocycles. The molecule has 6 nitrogen and oxygen atoms in total. The van der Waals surface area contributed by atoms with Gasteiger partial charge < -0.3 is 14.2 Å². The van der Waals surface area contributed by atoms with Crippen LogP contribution in [0.2, 0.25) is 0 Å². The molecular formula is C66H128O6. The van der Waals surface area contributed by atoms with Crippen LogP contribution in [0.5, 0.6) is 0 Å². The van der Waals surface area contributed by atoms with Crippen LogP contribution in [0.3, 0.4) is 0 Å². The van der Waals surface area contributed by atoms with Crippen LogP contribution in [0, 0.1) is 5.92 Å². The van der Waals surface area contributed by atoms with Crippen LogP contribution in [-0.2, 0) is 28.6 Å². The number of hydrogen-bond donors (Lipinski definition) is 0. The normalized spacial score (nSPS) is 12.3. The third-order valence-corrected chi connectivity index (χ3v) is 15.7. The van der Waals surface area contributed by atoms with Crippen LogP contribution in [0.15, 0.2) is 0 Å². The zero-order valence-electron chi connectivity index (χ0n) is 49.4. The summed E-state index contributed by atoms with van der Waals surface area (Å²) in [5.74, 6) is 0.0845. The highest BCUT2D eigenvalue weighted by atomic mass is 16.6. The van der Waals surface area contributed by atoms with E-state index in [2.05, 4.69) is 27.7 Å². The topological polar surface area (TPSA) is 78.9 Å². The molecule has 1 unspecified atom stereocenters. The third-order valence-electron chi connectivity index (χ3n) is 15.7. The average Bonchev–Trinajstić information content (AvgIpc) is 3.38. The van der Waals surface area contributed by atoms with Crippen LogP contribution in [0.4, 0.5) is 0 Å². The summed E-state index contributed by atoms with van der Waals surface area (Å²) in [6.07, 6.45) is 68.2. The highest BCUT2D eigenvalue weighted by molar-refractivity contribution is 5.71. The van der Waals surface area contributed by atoms with E-state index in [1.807, 2.05) is 0 Å². The van der Waals surface area contributed by atoms with Crippen molar-refractivity contribution < 1.29 is 28.6 Å². The first kappa shape index (κ1) is 70.4. The monoisotopic (exact) mass is 1020 g/mol. The van der Waals surface area contributed by atoms with Crippen LogP contribution < -0.4 is 0 Å². The van der Waals surface area contributed by atoms with Crippen molar-refractivity contribution in [2.45, 2.75) is 387 Å². The first-order chi connectivity index (χ1) is 35.4. The molecule has 0 aromatic rings. The zero-order chi connectivity index (χ0) is 52.3.